The zero-order valence-corrected chi connectivity index (χ0v) is 18.3. The third-order valence-electron chi connectivity index (χ3n) is 5.98. The number of nitrogens with zero attached hydrogens (tertiary/aromatic N) is 3. The summed E-state index contributed by atoms with van der Waals surface area (Å²) in [5, 5.41) is 6.09. The maximum atomic E-state index is 13.4. The number of carbonyl (C=O) groups excluding carboxylic acids is 2. The normalized spacial score (nSPS) is 12.7. The van der Waals surface area contributed by atoms with Gasteiger partial charge < -0.3 is 0 Å². The van der Waals surface area contributed by atoms with Crippen molar-refractivity contribution in [3.05, 3.63) is 101 Å². The van der Waals surface area contributed by atoms with Crippen LogP contribution in [0.2, 0.25) is 5.02 Å². The Balaban J connectivity index is 1.81. The van der Waals surface area contributed by atoms with Crippen LogP contribution in [0, 0.1) is 6.92 Å². The van der Waals surface area contributed by atoms with Gasteiger partial charge in [-0.15, -0.1) is 0 Å². The van der Waals surface area contributed by atoms with Gasteiger partial charge in [-0.05, 0) is 36.8 Å². The summed E-state index contributed by atoms with van der Waals surface area (Å²) >= 11 is 6.15. The lowest BCUT2D eigenvalue weighted by Crippen LogP contribution is -2.23. The highest BCUT2D eigenvalue weighted by Gasteiger charge is 2.36. The molecule has 6 heteroatoms. The Kier molecular flexibility index (Phi) is 4.28. The molecule has 1 aliphatic rings. The fourth-order valence-electron chi connectivity index (χ4n) is 4.51. The fourth-order valence-corrected chi connectivity index (χ4v) is 4.64. The van der Waals surface area contributed by atoms with Crippen molar-refractivity contribution >= 4 is 34.2 Å². The number of ketones is 2. The SMILES string of the molecule is Cc1nn(-c2ccccc2)c2nc3c(c(-c4ccc(Cl)cc4)c12)C(=O)C(=O)c1ccccc1-3. The Morgan fingerprint density at radius 3 is 2.15 bits per heavy atom. The Bertz CT molecular complexity index is 1600. The minimum Gasteiger partial charge on any atom is -0.285 e. The van der Waals surface area contributed by atoms with Gasteiger partial charge in [-0.3, -0.25) is 9.59 Å². The first-order valence-electron chi connectivity index (χ1n) is 10.5. The van der Waals surface area contributed by atoms with E-state index >= 15 is 0 Å². The smallest absolute Gasteiger partial charge is 0.236 e. The number of hydrogen-bond donors (Lipinski definition) is 0. The maximum absolute atomic E-state index is 13.4. The number of benzene rings is 3. The largest absolute Gasteiger partial charge is 0.285 e. The van der Waals surface area contributed by atoms with E-state index < -0.39 is 11.6 Å². The molecule has 0 fully saturated rings. The lowest BCUT2D eigenvalue weighted by atomic mass is 9.82. The number of rotatable bonds is 2. The molecule has 1 aliphatic carbocycles. The van der Waals surface area contributed by atoms with Gasteiger partial charge in [-0.1, -0.05) is 66.2 Å². The Labute approximate surface area is 194 Å². The second-order valence-corrected chi connectivity index (χ2v) is 8.39. The third-order valence-corrected chi connectivity index (χ3v) is 6.24. The van der Waals surface area contributed by atoms with Crippen molar-refractivity contribution in [2.45, 2.75) is 6.92 Å². The zero-order valence-electron chi connectivity index (χ0n) is 17.5. The first-order chi connectivity index (χ1) is 16.0. The number of pyridine rings is 1. The molecule has 33 heavy (non-hydrogen) atoms. The summed E-state index contributed by atoms with van der Waals surface area (Å²) < 4.78 is 1.79. The molecule has 158 valence electrons. The molecule has 0 bridgehead atoms. The van der Waals surface area contributed by atoms with Crippen LogP contribution in [0.5, 0.6) is 0 Å². The summed E-state index contributed by atoms with van der Waals surface area (Å²) in [6, 6.07) is 24.1. The van der Waals surface area contributed by atoms with E-state index in [2.05, 4.69) is 0 Å². The van der Waals surface area contributed by atoms with Gasteiger partial charge in [0, 0.05) is 21.7 Å². The maximum Gasteiger partial charge on any atom is 0.236 e. The lowest BCUT2D eigenvalue weighted by molar-refractivity contribution is 0.0815. The summed E-state index contributed by atoms with van der Waals surface area (Å²) in [5.41, 5.74) is 5.44. The van der Waals surface area contributed by atoms with E-state index in [4.69, 9.17) is 21.7 Å². The van der Waals surface area contributed by atoms with Gasteiger partial charge in [-0.2, -0.15) is 5.10 Å². The van der Waals surface area contributed by atoms with Crippen LogP contribution in [0.1, 0.15) is 26.4 Å². The van der Waals surface area contributed by atoms with E-state index in [1.54, 1.807) is 28.9 Å². The molecule has 0 N–H and O–H groups in total. The Morgan fingerprint density at radius 1 is 0.758 bits per heavy atom. The van der Waals surface area contributed by atoms with Crippen molar-refractivity contribution < 1.29 is 9.59 Å². The topological polar surface area (TPSA) is 64.8 Å². The first-order valence-corrected chi connectivity index (χ1v) is 10.9. The van der Waals surface area contributed by atoms with Gasteiger partial charge in [0.2, 0.25) is 11.6 Å². The molecule has 0 atom stereocenters. The predicted octanol–water partition coefficient (Wildman–Crippen LogP) is 6.10. The van der Waals surface area contributed by atoms with Gasteiger partial charge in [0.25, 0.3) is 0 Å². The van der Waals surface area contributed by atoms with E-state index in [0.29, 0.717) is 44.3 Å². The number of carbonyl (C=O) groups is 2. The van der Waals surface area contributed by atoms with Gasteiger partial charge >= 0.3 is 0 Å². The highest BCUT2D eigenvalue weighted by atomic mass is 35.5. The molecule has 0 unspecified atom stereocenters. The molecule has 2 heterocycles. The van der Waals surface area contributed by atoms with Crippen molar-refractivity contribution in [3.8, 4) is 28.1 Å². The first kappa shape index (κ1) is 19.6. The molecule has 0 radical (unpaired) electrons. The number of aryl methyl sites for hydroxylation is 1. The molecule has 0 saturated carbocycles. The second-order valence-electron chi connectivity index (χ2n) is 7.95. The molecule has 0 amide bonds. The molecule has 2 aromatic heterocycles. The molecule has 0 spiro atoms. The predicted molar refractivity (Wildman–Crippen MR) is 128 cm³/mol. The van der Waals surface area contributed by atoms with Crippen LogP contribution < -0.4 is 0 Å². The van der Waals surface area contributed by atoms with Crippen LogP contribution in [0.4, 0.5) is 0 Å². The number of halogens is 1. The molecule has 5 aromatic rings. The second kappa shape index (κ2) is 7.22. The van der Waals surface area contributed by atoms with Crippen LogP contribution >= 0.6 is 11.6 Å². The van der Waals surface area contributed by atoms with Crippen molar-refractivity contribution in [1.29, 1.82) is 0 Å². The third kappa shape index (κ3) is 2.86. The average molecular weight is 450 g/mol. The highest BCUT2D eigenvalue weighted by molar-refractivity contribution is 6.54. The number of Topliss-reactive ketones (excluding diaryl/α,β-unsaturated/α-hetero) is 2. The zero-order chi connectivity index (χ0) is 22.7. The van der Waals surface area contributed by atoms with E-state index in [1.165, 1.54) is 0 Å². The van der Waals surface area contributed by atoms with Crippen molar-refractivity contribution in [2.75, 3.05) is 0 Å². The van der Waals surface area contributed by atoms with E-state index in [0.717, 1.165) is 16.6 Å². The molecule has 6 rings (SSSR count). The number of fused-ring (bicyclic) bond motifs is 4. The van der Waals surface area contributed by atoms with Gasteiger partial charge in [-0.25, -0.2) is 9.67 Å². The monoisotopic (exact) mass is 449 g/mol. The number of para-hydroxylation sites is 1. The lowest BCUT2D eigenvalue weighted by Gasteiger charge is -2.21. The molecular weight excluding hydrogens is 434 g/mol. The van der Waals surface area contributed by atoms with Crippen LogP contribution in [0.15, 0.2) is 78.9 Å². The van der Waals surface area contributed by atoms with Crippen molar-refractivity contribution in [1.82, 2.24) is 14.8 Å². The summed E-state index contributed by atoms with van der Waals surface area (Å²) in [6.07, 6.45) is 0. The summed E-state index contributed by atoms with van der Waals surface area (Å²) in [5.74, 6) is -1.09. The van der Waals surface area contributed by atoms with E-state index in [1.807, 2.05) is 61.5 Å². The van der Waals surface area contributed by atoms with Crippen LogP contribution in [-0.2, 0) is 0 Å². The Hall–Kier alpha value is -4.09. The molecule has 5 nitrogen and oxygen atoms in total. The minimum atomic E-state index is -0.560. The van der Waals surface area contributed by atoms with Crippen molar-refractivity contribution in [3.63, 3.8) is 0 Å². The van der Waals surface area contributed by atoms with Gasteiger partial charge in [0.05, 0.1) is 28.0 Å². The molecule has 3 aromatic carbocycles. The van der Waals surface area contributed by atoms with Crippen LogP contribution in [0.3, 0.4) is 0 Å². The molecule has 0 saturated heterocycles. The van der Waals surface area contributed by atoms with E-state index in [-0.39, 0.29) is 0 Å². The minimum absolute atomic E-state index is 0.309. The highest BCUT2D eigenvalue weighted by Crippen LogP contribution is 2.43. The molecular formula is C27H16ClN3O2. The summed E-state index contributed by atoms with van der Waals surface area (Å²) in [6.45, 7) is 1.89. The standard InChI is InChI=1S/C27H16ClN3O2/c1-15-21-22(16-11-13-17(28)14-12-16)23-24(19-9-5-6-10-20(19)25(32)26(23)33)29-27(21)31(30-15)18-7-3-2-4-8-18/h2-14H,1H3. The van der Waals surface area contributed by atoms with Crippen LogP contribution in [-0.4, -0.2) is 26.3 Å². The number of hydrogen-bond acceptors (Lipinski definition) is 4. The summed E-state index contributed by atoms with van der Waals surface area (Å²) in [4.78, 5) is 31.4. The van der Waals surface area contributed by atoms with Crippen molar-refractivity contribution in [2.24, 2.45) is 0 Å². The average Bonchev–Trinajstić information content (AvgIpc) is 3.18. The van der Waals surface area contributed by atoms with Gasteiger partial charge in [0.15, 0.2) is 5.65 Å². The quantitative estimate of drug-likeness (QED) is 0.306. The van der Waals surface area contributed by atoms with E-state index in [9.17, 15) is 9.59 Å². The Morgan fingerprint density at radius 2 is 1.42 bits per heavy atom. The molecule has 0 aliphatic heterocycles. The summed E-state index contributed by atoms with van der Waals surface area (Å²) in [7, 11) is 0. The van der Waals surface area contributed by atoms with Crippen LogP contribution in [0.25, 0.3) is 39.1 Å². The fraction of sp³-hybridized carbons (Fsp3) is 0.0370. The van der Waals surface area contributed by atoms with Gasteiger partial charge in [0.1, 0.15) is 0 Å². The number of aromatic nitrogens is 3.